The molecule has 0 aliphatic heterocycles. The average molecular weight is 1760 g/mol. The van der Waals surface area contributed by atoms with Crippen molar-refractivity contribution < 1.29 is 167 Å². The summed E-state index contributed by atoms with van der Waals surface area (Å²) in [5.41, 5.74) is 1.45. The Balaban J connectivity index is -0.000000265. The topological polar surface area (TPSA) is 463 Å². The number of carbonyl (C=O) groups is 15. The number of carbonyl (C=O) groups excluding carboxylic acids is 15. The van der Waals surface area contributed by atoms with Gasteiger partial charge in [-0.05, 0) is 115 Å². The van der Waals surface area contributed by atoms with Gasteiger partial charge in [-0.1, -0.05) is 106 Å². The van der Waals surface area contributed by atoms with Gasteiger partial charge >= 0.3 is 89.5 Å². The minimum absolute atomic E-state index is 0.0325. The fourth-order valence-corrected chi connectivity index (χ4v) is 6.45. The molecule has 0 saturated carbocycles. The number of hydrogen-bond donors (Lipinski definition) is 2. The first kappa shape index (κ1) is 125. The third-order valence-electron chi connectivity index (χ3n) is 13.7. The van der Waals surface area contributed by atoms with Gasteiger partial charge in [0.1, 0.15) is 84.2 Å². The molecule has 0 radical (unpaired) electrons. The molecule has 698 valence electrons. The van der Waals surface area contributed by atoms with E-state index in [0.717, 1.165) is 50.0 Å². The summed E-state index contributed by atoms with van der Waals surface area (Å²) in [7, 11) is 0. The Morgan fingerprint density at radius 3 is 0.645 bits per heavy atom. The Labute approximate surface area is 729 Å². The lowest BCUT2D eigenvalue weighted by atomic mass is 9.88. The summed E-state index contributed by atoms with van der Waals surface area (Å²) in [6.07, 6.45) is 7.79. The smallest absolute Gasteiger partial charge is 0.333 e. The molecule has 0 amide bonds. The predicted octanol–water partition coefficient (Wildman–Crippen LogP) is 9.89. The molecule has 0 saturated heterocycles. The van der Waals surface area contributed by atoms with Gasteiger partial charge < -0.3 is 95.5 Å². The van der Waals surface area contributed by atoms with Gasteiger partial charge in [-0.15, -0.1) is 0 Å². The Bertz CT molecular complexity index is 3310. The zero-order valence-corrected chi connectivity index (χ0v) is 74.7. The Hall–Kier alpha value is -12.1. The molecule has 0 spiro atoms. The molecule has 124 heavy (non-hydrogen) atoms. The van der Waals surface area contributed by atoms with Crippen molar-refractivity contribution >= 4 is 89.5 Å². The van der Waals surface area contributed by atoms with E-state index in [-0.39, 0.29) is 127 Å². The van der Waals surface area contributed by atoms with Gasteiger partial charge in [0.2, 0.25) is 0 Å². The lowest BCUT2D eigenvalue weighted by molar-refractivity contribution is -0.165. The zero-order chi connectivity index (χ0) is 96.9. The summed E-state index contributed by atoms with van der Waals surface area (Å²) in [5, 5.41) is 15.2. The van der Waals surface area contributed by atoms with E-state index in [9.17, 15) is 71.9 Å². The predicted molar refractivity (Wildman–Crippen MR) is 458 cm³/mol. The molecule has 0 aliphatic carbocycles. The van der Waals surface area contributed by atoms with Crippen molar-refractivity contribution in [2.45, 2.75) is 135 Å². The van der Waals surface area contributed by atoms with Crippen LogP contribution < -0.4 is 0 Å². The quantitative estimate of drug-likeness (QED) is 0.0247. The van der Waals surface area contributed by atoms with Crippen LogP contribution in [0.2, 0.25) is 0 Å². The van der Waals surface area contributed by atoms with Gasteiger partial charge in [-0.2, -0.15) is 0 Å². The molecular formula is C89H132O35. The maximum Gasteiger partial charge on any atom is 0.333 e. The van der Waals surface area contributed by atoms with Crippen molar-refractivity contribution in [1.82, 2.24) is 0 Å². The minimum atomic E-state index is -1.34. The van der Waals surface area contributed by atoms with Crippen LogP contribution in [0.25, 0.3) is 0 Å². The fraction of sp³-hybridized carbons (Fsp3) is 0.494. The largest absolute Gasteiger partial charge is 0.462 e. The van der Waals surface area contributed by atoms with Crippen molar-refractivity contribution in [2.24, 2.45) is 10.8 Å². The van der Waals surface area contributed by atoms with Crippen molar-refractivity contribution in [3.8, 4) is 0 Å². The van der Waals surface area contributed by atoms with E-state index in [1.807, 2.05) is 6.92 Å². The SMILES string of the molecule is C=C(C)C(=O)OCC(CC)(COC(=O)C(=C)C)COC(=O)C(=C)C.C=C(C)C(=O)OCCC(C)OC(=O)C(=C)C.C=C(C)C(=O)OCCCCCCOC(=O)C(=C)C.C=C(C)C(=O)OCCOC(=O)C(=C)C.C=C(C)C(=O)OCCOCCOCCOCCOC(=O)C(=C)C.C=CC(=O)OCC(COC(=O)C=C)(COC(=O)C=C)COC(=O)C=C.OCCO. The molecule has 0 fully saturated rings. The highest BCUT2D eigenvalue weighted by Crippen LogP contribution is 2.26. The van der Waals surface area contributed by atoms with E-state index >= 15 is 0 Å². The van der Waals surface area contributed by atoms with Crippen LogP contribution >= 0.6 is 0 Å². The normalized spacial score (nSPS) is 10.1. The number of esters is 15. The van der Waals surface area contributed by atoms with Crippen LogP contribution in [0.3, 0.4) is 0 Å². The van der Waals surface area contributed by atoms with Crippen LogP contribution in [-0.4, -0.2) is 251 Å². The van der Waals surface area contributed by atoms with Gasteiger partial charge in [-0.3, -0.25) is 0 Å². The first-order valence-corrected chi connectivity index (χ1v) is 38.2. The molecule has 0 aromatic heterocycles. The van der Waals surface area contributed by atoms with E-state index in [2.05, 4.69) is 108 Å². The monoisotopic (exact) mass is 1760 g/mol. The molecule has 35 heteroatoms. The number of ether oxygens (including phenoxy) is 18. The summed E-state index contributed by atoms with van der Waals surface area (Å²) in [4.78, 5) is 168. The molecule has 2 N–H and O–H groups in total. The van der Waals surface area contributed by atoms with Crippen molar-refractivity contribution in [3.05, 3.63) is 184 Å². The van der Waals surface area contributed by atoms with E-state index in [1.165, 1.54) is 20.8 Å². The van der Waals surface area contributed by atoms with Crippen LogP contribution in [0.15, 0.2) is 184 Å². The lowest BCUT2D eigenvalue weighted by Crippen LogP contribution is -2.43. The second-order valence-electron chi connectivity index (χ2n) is 26.6. The van der Waals surface area contributed by atoms with E-state index in [4.69, 9.17) is 86.0 Å². The fourth-order valence-electron chi connectivity index (χ4n) is 6.45. The molecular weight excluding hydrogens is 1630 g/mol. The van der Waals surface area contributed by atoms with Gasteiger partial charge in [0.15, 0.2) is 0 Å². The Morgan fingerprint density at radius 2 is 0.444 bits per heavy atom. The zero-order valence-electron chi connectivity index (χ0n) is 74.7. The maximum absolute atomic E-state index is 11.6. The van der Waals surface area contributed by atoms with Crippen LogP contribution in [0.5, 0.6) is 0 Å². The highest BCUT2D eigenvalue weighted by Gasteiger charge is 2.38. The summed E-state index contributed by atoms with van der Waals surface area (Å²) in [6, 6.07) is 0. The van der Waals surface area contributed by atoms with Crippen LogP contribution in [0.4, 0.5) is 0 Å². The van der Waals surface area contributed by atoms with Crippen molar-refractivity contribution in [3.63, 3.8) is 0 Å². The molecule has 0 aromatic carbocycles. The molecule has 0 bridgehead atoms. The minimum Gasteiger partial charge on any atom is -0.462 e. The van der Waals surface area contributed by atoms with Crippen LogP contribution in [-0.2, 0) is 157 Å². The Kier molecular flexibility index (Phi) is 78.9. The van der Waals surface area contributed by atoms with Gasteiger partial charge in [0, 0.05) is 92.0 Å². The van der Waals surface area contributed by atoms with E-state index in [1.54, 1.807) is 62.3 Å². The first-order valence-electron chi connectivity index (χ1n) is 38.2. The molecule has 1 unspecified atom stereocenters. The number of aliphatic hydroxyl groups is 2. The third-order valence-corrected chi connectivity index (χ3v) is 13.7. The highest BCUT2D eigenvalue weighted by molar-refractivity contribution is 5.91. The molecule has 0 heterocycles. The maximum atomic E-state index is 11.6. The highest BCUT2D eigenvalue weighted by atomic mass is 16.6. The van der Waals surface area contributed by atoms with Crippen LogP contribution in [0, 0.1) is 10.8 Å². The van der Waals surface area contributed by atoms with Gasteiger partial charge in [-0.25, -0.2) is 71.9 Å². The number of rotatable bonds is 57. The molecule has 35 nitrogen and oxygen atoms in total. The summed E-state index contributed by atoms with van der Waals surface area (Å²) >= 11 is 0. The summed E-state index contributed by atoms with van der Waals surface area (Å²) < 4.78 is 89.9. The second kappa shape index (κ2) is 78.2. The van der Waals surface area contributed by atoms with Gasteiger partial charge in [0.05, 0.1) is 78.1 Å². The number of hydrogen-bond acceptors (Lipinski definition) is 35. The van der Waals surface area contributed by atoms with E-state index < -0.39 is 88.4 Å². The molecule has 0 rings (SSSR count). The summed E-state index contributed by atoms with van der Waals surface area (Å²) in [5.74, 6) is -8.10. The molecule has 0 aromatic rings. The average Bonchev–Trinajstić information content (AvgIpc) is 0.859. The van der Waals surface area contributed by atoms with Crippen LogP contribution in [0.1, 0.15) is 129 Å². The second-order valence-corrected chi connectivity index (χ2v) is 26.6. The standard InChI is InChI=1S/C18H26O6.C17H20O8.C16H26O7.C14H22O4.C12H18O4.C10H14O4.C2H6O2/c1-8-18(9-22-15(19)12(2)3,10-23-16(20)13(4)5)11-24-17(21)14(6)7;1-5-13(18)22-9-17(10-23-14(19)6-2,11-24-15(20)7-3)12-25-16(21)8-4;1-13(2)15(17)22-11-9-20-7-5-19-6-8-21-10-12-23-16(18)14(3)4;1-11(2)13(15)17-9-7-5-6-8-10-18-14(16)12(3)4;1-8(2)11(13)15-7-6-10(5)16-12(14)9(3)4;1-7(2)9(11)13-5-6-14-10(12)8(3)4;3-1-2-4/h2,4,6,8-11H2,1,3,5,7H3;5-8H,1-4,9-12H2;1,3,5-12H2,2,4H3;1,3,5-10H2,2,4H3;10H,1,3,6-7H2,2,4-5H3;1,3,5-6H2,2,4H3;3-4H,1-2H2. The molecule has 0 aliphatic rings. The van der Waals surface area contributed by atoms with Crippen molar-refractivity contribution in [1.29, 1.82) is 0 Å². The third kappa shape index (κ3) is 77.3. The lowest BCUT2D eigenvalue weighted by Gasteiger charge is -2.31. The van der Waals surface area contributed by atoms with Crippen molar-refractivity contribution in [2.75, 3.05) is 145 Å². The van der Waals surface area contributed by atoms with E-state index in [0.29, 0.717) is 110 Å². The number of aliphatic hydroxyl groups excluding tert-OH is 2. The Morgan fingerprint density at radius 1 is 0.258 bits per heavy atom. The number of unbranched alkanes of at least 4 members (excludes halogenated alkanes) is 3. The first-order chi connectivity index (χ1) is 58.0. The summed E-state index contributed by atoms with van der Waals surface area (Å²) in [6.45, 7) is 73.7. The molecule has 1 atom stereocenters. The van der Waals surface area contributed by atoms with Gasteiger partial charge in [0.25, 0.3) is 0 Å².